The van der Waals surface area contributed by atoms with E-state index in [0.29, 0.717) is 41.9 Å². The van der Waals surface area contributed by atoms with E-state index >= 15 is 0 Å². The second-order valence-corrected chi connectivity index (χ2v) is 12.6. The number of pyridine rings is 1. The number of phenolic OH excluding ortho intramolecular Hbond substituents is 2. The number of nitrogens with zero attached hydrogens (tertiary/aromatic N) is 1. The van der Waals surface area contributed by atoms with E-state index < -0.39 is 6.10 Å². The number of rotatable bonds is 12. The van der Waals surface area contributed by atoms with Gasteiger partial charge in [-0.15, -0.1) is 0 Å². The summed E-state index contributed by atoms with van der Waals surface area (Å²) < 4.78 is 6.05. The average Bonchev–Trinajstić information content (AvgIpc) is 3.09. The Bertz CT molecular complexity index is 1850. The van der Waals surface area contributed by atoms with Gasteiger partial charge in [0.1, 0.15) is 17.2 Å². The molecule has 0 saturated carbocycles. The Morgan fingerprint density at radius 3 is 2.38 bits per heavy atom. The van der Waals surface area contributed by atoms with Crippen LogP contribution in [-0.2, 0) is 18.4 Å². The van der Waals surface area contributed by atoms with Crippen molar-refractivity contribution >= 4 is 10.9 Å². The highest BCUT2D eigenvalue weighted by Crippen LogP contribution is 2.45. The number of phenols is 2. The second-order valence-electron chi connectivity index (χ2n) is 12.6. The van der Waals surface area contributed by atoms with Crippen LogP contribution >= 0.6 is 0 Å². The average molecular weight is 634 g/mol. The largest absolute Gasteiger partial charge is 0.508 e. The number of fused-ring (bicyclic) bond motifs is 1. The van der Waals surface area contributed by atoms with Crippen LogP contribution in [-0.4, -0.2) is 58.5 Å². The molecule has 0 bridgehead atoms. The Balaban J connectivity index is 1.00. The van der Waals surface area contributed by atoms with Crippen molar-refractivity contribution in [1.82, 2.24) is 15.2 Å². The number of ether oxygens (including phenoxy) is 1. The van der Waals surface area contributed by atoms with Crippen LogP contribution in [0.1, 0.15) is 53.2 Å². The van der Waals surface area contributed by atoms with Crippen LogP contribution in [0.5, 0.6) is 17.2 Å². The van der Waals surface area contributed by atoms with Crippen LogP contribution in [0.3, 0.4) is 0 Å². The normalized spacial score (nSPS) is 15.4. The molecule has 8 nitrogen and oxygen atoms in total. The molecule has 2 heterocycles. The minimum Gasteiger partial charge on any atom is -0.508 e. The molecule has 1 aromatic heterocycles. The monoisotopic (exact) mass is 633 g/mol. The molecule has 8 heteroatoms. The first kappa shape index (κ1) is 32.3. The quantitative estimate of drug-likeness (QED) is 0.111. The molecular formula is C39H43N3O5. The van der Waals surface area contributed by atoms with Gasteiger partial charge in [-0.05, 0) is 98.4 Å². The van der Waals surface area contributed by atoms with Crippen molar-refractivity contribution in [1.29, 1.82) is 0 Å². The van der Waals surface area contributed by atoms with E-state index in [1.165, 1.54) is 23.3 Å². The van der Waals surface area contributed by atoms with Gasteiger partial charge in [0.25, 0.3) is 0 Å². The molecule has 1 saturated heterocycles. The van der Waals surface area contributed by atoms with Gasteiger partial charge in [0.05, 0.1) is 18.2 Å². The number of nitrogens with one attached hydrogen (secondary N) is 2. The summed E-state index contributed by atoms with van der Waals surface area (Å²) in [5.74, 6) is 1.14. The molecule has 5 aromatic rings. The number of hydrogen-bond donors (Lipinski definition) is 5. The summed E-state index contributed by atoms with van der Waals surface area (Å²) in [4.78, 5) is 16.7. The summed E-state index contributed by atoms with van der Waals surface area (Å²) in [5.41, 5.74) is 5.00. The molecule has 1 aliphatic rings. The van der Waals surface area contributed by atoms with Gasteiger partial charge in [0.15, 0.2) is 0 Å². The Labute approximate surface area is 275 Å². The maximum Gasteiger partial charge on any atom is 0.248 e. The van der Waals surface area contributed by atoms with Gasteiger partial charge in [-0.25, -0.2) is 0 Å². The first-order chi connectivity index (χ1) is 22.8. The molecule has 1 fully saturated rings. The zero-order chi connectivity index (χ0) is 32.8. The predicted octanol–water partition coefficient (Wildman–Crippen LogP) is 5.79. The fourth-order valence-electron chi connectivity index (χ4n) is 6.78. The number of aromatic amines is 1. The Morgan fingerprint density at radius 2 is 1.62 bits per heavy atom. The second kappa shape index (κ2) is 14.4. The zero-order valence-corrected chi connectivity index (χ0v) is 26.8. The number of hydrogen-bond acceptors (Lipinski definition) is 7. The van der Waals surface area contributed by atoms with Gasteiger partial charge in [-0.2, -0.15) is 0 Å². The molecule has 5 N–H and O–H groups in total. The van der Waals surface area contributed by atoms with Crippen molar-refractivity contribution in [3.63, 3.8) is 0 Å². The number of aliphatic hydroxyl groups is 1. The number of piperidine rings is 1. The number of aromatic nitrogens is 1. The summed E-state index contributed by atoms with van der Waals surface area (Å²) in [6, 6.07) is 30.8. The lowest BCUT2D eigenvalue weighted by Crippen LogP contribution is -2.41. The lowest BCUT2D eigenvalue weighted by Gasteiger charge is -2.42. The van der Waals surface area contributed by atoms with E-state index in [9.17, 15) is 20.1 Å². The standard InChI is InChI=1S/C39H43N3O5/c1-42-21-19-39(20-22-42,29-7-3-2-4-8-29)33-24-27(11-16-34(33)43)6-5-23-47-30-12-9-28(10-13-30)25-40-26-36(45)31-14-17-35(44)38-32(31)15-18-37(46)41-38/h2-4,7-18,24,36,40,43-45H,5-6,19-23,25-26H2,1H3,(H,41,46)/t36-/m0/s1. The van der Waals surface area contributed by atoms with Gasteiger partial charge in [-0.3, -0.25) is 4.79 Å². The van der Waals surface area contributed by atoms with Crippen LogP contribution in [0.25, 0.3) is 10.9 Å². The first-order valence-electron chi connectivity index (χ1n) is 16.3. The van der Waals surface area contributed by atoms with E-state index in [-0.39, 0.29) is 16.7 Å². The van der Waals surface area contributed by atoms with Crippen LogP contribution in [0, 0.1) is 0 Å². The molecule has 0 aliphatic carbocycles. The van der Waals surface area contributed by atoms with Crippen molar-refractivity contribution in [3.8, 4) is 17.2 Å². The molecular weight excluding hydrogens is 590 g/mol. The SMILES string of the molecule is CN1CCC(c2ccccc2)(c2cc(CCCOc3ccc(CNC[C@H](O)c4ccc(O)c5[nH]c(=O)ccc45)cc3)ccc2O)CC1. The lowest BCUT2D eigenvalue weighted by molar-refractivity contribution is 0.176. The van der Waals surface area contributed by atoms with E-state index in [1.54, 1.807) is 12.1 Å². The van der Waals surface area contributed by atoms with Crippen molar-refractivity contribution < 1.29 is 20.1 Å². The molecule has 4 aromatic carbocycles. The highest BCUT2D eigenvalue weighted by molar-refractivity contribution is 5.87. The van der Waals surface area contributed by atoms with E-state index in [4.69, 9.17) is 4.74 Å². The van der Waals surface area contributed by atoms with Crippen LogP contribution < -0.4 is 15.6 Å². The number of benzene rings is 4. The van der Waals surface area contributed by atoms with E-state index in [0.717, 1.165) is 55.6 Å². The molecule has 0 amide bonds. The summed E-state index contributed by atoms with van der Waals surface area (Å²) in [6.45, 7) is 3.43. The number of aliphatic hydroxyl groups excluding tert-OH is 1. The summed E-state index contributed by atoms with van der Waals surface area (Å²) >= 11 is 0. The highest BCUT2D eigenvalue weighted by atomic mass is 16.5. The van der Waals surface area contributed by atoms with E-state index in [2.05, 4.69) is 52.6 Å². The fraction of sp³-hybridized carbons (Fsp3) is 0.308. The van der Waals surface area contributed by atoms with Gasteiger partial charge < -0.3 is 35.3 Å². The smallest absolute Gasteiger partial charge is 0.248 e. The Morgan fingerprint density at radius 1 is 0.894 bits per heavy atom. The van der Waals surface area contributed by atoms with Gasteiger partial charge in [-0.1, -0.05) is 60.7 Å². The molecule has 47 heavy (non-hydrogen) atoms. The molecule has 0 unspecified atom stereocenters. The maximum absolute atomic E-state index is 11.7. The van der Waals surface area contributed by atoms with Crippen molar-refractivity contribution in [2.75, 3.05) is 33.3 Å². The van der Waals surface area contributed by atoms with Crippen molar-refractivity contribution in [2.24, 2.45) is 0 Å². The van der Waals surface area contributed by atoms with Gasteiger partial charge >= 0.3 is 0 Å². The molecule has 244 valence electrons. The molecule has 0 radical (unpaired) electrons. The summed E-state index contributed by atoms with van der Waals surface area (Å²) in [6.07, 6.45) is 2.84. The third kappa shape index (κ3) is 7.36. The molecule has 6 rings (SSSR count). The topological polar surface area (TPSA) is 118 Å². The van der Waals surface area contributed by atoms with E-state index in [1.807, 2.05) is 42.5 Å². The molecule has 1 atom stereocenters. The van der Waals surface area contributed by atoms with Gasteiger partial charge in [0.2, 0.25) is 5.56 Å². The highest BCUT2D eigenvalue weighted by Gasteiger charge is 2.39. The lowest BCUT2D eigenvalue weighted by atomic mass is 9.67. The van der Waals surface area contributed by atoms with Gasteiger partial charge in [0, 0.05) is 35.5 Å². The molecule has 1 aliphatic heterocycles. The summed E-state index contributed by atoms with van der Waals surface area (Å²) in [5, 5.41) is 35.8. The van der Waals surface area contributed by atoms with Crippen molar-refractivity contribution in [2.45, 2.75) is 43.7 Å². The molecule has 0 spiro atoms. The van der Waals surface area contributed by atoms with Crippen LogP contribution in [0.2, 0.25) is 0 Å². The Kier molecular flexibility index (Phi) is 9.92. The third-order valence-electron chi connectivity index (χ3n) is 9.48. The summed E-state index contributed by atoms with van der Waals surface area (Å²) in [7, 11) is 2.16. The third-order valence-corrected chi connectivity index (χ3v) is 9.48. The predicted molar refractivity (Wildman–Crippen MR) is 185 cm³/mol. The number of aromatic hydroxyl groups is 2. The van der Waals surface area contributed by atoms with Crippen molar-refractivity contribution in [3.05, 3.63) is 135 Å². The first-order valence-corrected chi connectivity index (χ1v) is 16.3. The van der Waals surface area contributed by atoms with Crippen LogP contribution in [0.4, 0.5) is 0 Å². The zero-order valence-electron chi connectivity index (χ0n) is 26.8. The number of aryl methyl sites for hydroxylation is 1. The minimum absolute atomic E-state index is 0.0295. The fourth-order valence-corrected chi connectivity index (χ4v) is 6.78. The minimum atomic E-state index is -0.815. The number of likely N-dealkylation sites (tertiary alicyclic amines) is 1. The van der Waals surface area contributed by atoms with Crippen LogP contribution in [0.15, 0.2) is 102 Å². The Hall–Kier alpha value is -4.63. The number of H-pyrrole nitrogens is 1. The maximum atomic E-state index is 11.7.